The molecule has 13 nitrogen and oxygen atoms in total. The van der Waals surface area contributed by atoms with E-state index in [-0.39, 0.29) is 0 Å². The van der Waals surface area contributed by atoms with Gasteiger partial charge in [0.2, 0.25) is 0 Å². The van der Waals surface area contributed by atoms with Crippen LogP contribution in [0.15, 0.2) is 36.7 Å². The molecule has 1 aromatic rings. The van der Waals surface area contributed by atoms with Crippen molar-refractivity contribution in [2.45, 2.75) is 78.7 Å². The topological polar surface area (TPSA) is 158 Å². The predicted octanol–water partition coefficient (Wildman–Crippen LogP) is 4.30. The SMILES string of the molecule is COC1(C(F)(F)F)C=CC=C[C@@H]1CC(=O)O[C@H](COC(=O)C(C)(C)C)[C@H](COC(=O)C(C)(C)C)OCn1ccnc1[N+](=O)[O-]. The highest BCUT2D eigenvalue weighted by atomic mass is 19.4. The fourth-order valence-corrected chi connectivity index (χ4v) is 3.90. The molecule has 0 saturated heterocycles. The summed E-state index contributed by atoms with van der Waals surface area (Å²) in [6, 6.07) is 0. The van der Waals surface area contributed by atoms with Gasteiger partial charge in [-0.1, -0.05) is 23.2 Å². The Morgan fingerprint density at radius 2 is 1.59 bits per heavy atom. The molecule has 0 bridgehead atoms. The van der Waals surface area contributed by atoms with Crippen LogP contribution in [-0.4, -0.2) is 76.7 Å². The zero-order valence-electron chi connectivity index (χ0n) is 25.6. The van der Waals surface area contributed by atoms with E-state index in [0.29, 0.717) is 0 Å². The normalized spacial score (nSPS) is 20.1. The number of hydrogen-bond acceptors (Lipinski definition) is 11. The number of ether oxygens (including phenoxy) is 5. The van der Waals surface area contributed by atoms with Gasteiger partial charge in [0.15, 0.2) is 18.4 Å². The molecule has 44 heavy (non-hydrogen) atoms. The van der Waals surface area contributed by atoms with Crippen molar-refractivity contribution in [2.24, 2.45) is 16.7 Å². The van der Waals surface area contributed by atoms with Crippen molar-refractivity contribution < 1.29 is 56.2 Å². The predicted molar refractivity (Wildman–Crippen MR) is 147 cm³/mol. The Hall–Kier alpha value is -3.79. The minimum absolute atomic E-state index is 0.535. The third-order valence-corrected chi connectivity index (χ3v) is 6.48. The van der Waals surface area contributed by atoms with Crippen molar-refractivity contribution in [1.29, 1.82) is 0 Å². The van der Waals surface area contributed by atoms with Crippen molar-refractivity contribution in [3.8, 4) is 0 Å². The van der Waals surface area contributed by atoms with Gasteiger partial charge in [0, 0.05) is 13.0 Å². The number of esters is 3. The molecule has 0 amide bonds. The molecule has 1 unspecified atom stereocenters. The van der Waals surface area contributed by atoms with Gasteiger partial charge in [-0.2, -0.15) is 13.2 Å². The Morgan fingerprint density at radius 3 is 2.09 bits per heavy atom. The fraction of sp³-hybridized carbons (Fsp3) is 0.643. The number of rotatable bonds is 13. The van der Waals surface area contributed by atoms with Gasteiger partial charge < -0.3 is 33.8 Å². The van der Waals surface area contributed by atoms with Crippen molar-refractivity contribution in [2.75, 3.05) is 20.3 Å². The fourth-order valence-electron chi connectivity index (χ4n) is 3.90. The first-order valence-corrected chi connectivity index (χ1v) is 13.5. The molecule has 1 aliphatic rings. The Morgan fingerprint density at radius 1 is 1.02 bits per heavy atom. The molecule has 4 atom stereocenters. The number of alkyl halides is 3. The number of methoxy groups -OCH3 is 1. The Kier molecular flexibility index (Phi) is 11.9. The van der Waals surface area contributed by atoms with E-state index in [1.165, 1.54) is 12.3 Å². The van der Waals surface area contributed by atoms with Crippen LogP contribution in [0.2, 0.25) is 0 Å². The second kappa shape index (κ2) is 14.3. The summed E-state index contributed by atoms with van der Waals surface area (Å²) in [7, 11) is 0.868. The molecule has 1 aromatic heterocycles. The van der Waals surface area contributed by atoms with Crippen LogP contribution in [-0.2, 0) is 44.8 Å². The van der Waals surface area contributed by atoms with E-state index in [4.69, 9.17) is 23.7 Å². The number of halogens is 3. The highest BCUT2D eigenvalue weighted by molar-refractivity contribution is 5.76. The first kappa shape index (κ1) is 36.4. The van der Waals surface area contributed by atoms with Gasteiger partial charge in [-0.3, -0.25) is 14.4 Å². The van der Waals surface area contributed by atoms with Crippen LogP contribution < -0.4 is 0 Å². The molecule has 16 heteroatoms. The summed E-state index contributed by atoms with van der Waals surface area (Å²) < 4.78 is 70.0. The maximum absolute atomic E-state index is 14.1. The second-order valence-corrected chi connectivity index (χ2v) is 12.1. The molecular weight excluding hydrogens is 595 g/mol. The van der Waals surface area contributed by atoms with Crippen LogP contribution in [0.4, 0.5) is 19.1 Å². The molecule has 0 radical (unpaired) electrons. The van der Waals surface area contributed by atoms with Crippen LogP contribution >= 0.6 is 0 Å². The lowest BCUT2D eigenvalue weighted by Crippen LogP contribution is -2.52. The molecule has 0 aliphatic heterocycles. The number of aromatic nitrogens is 2. The molecule has 0 saturated carbocycles. The monoisotopic (exact) mass is 633 g/mol. The van der Waals surface area contributed by atoms with Gasteiger partial charge in [0.25, 0.3) is 0 Å². The summed E-state index contributed by atoms with van der Waals surface area (Å²) in [5.41, 5.74) is -4.75. The largest absolute Gasteiger partial charge is 0.462 e. The lowest BCUT2D eigenvalue weighted by Gasteiger charge is -2.38. The first-order chi connectivity index (χ1) is 20.2. The Balaban J connectivity index is 2.40. The summed E-state index contributed by atoms with van der Waals surface area (Å²) >= 11 is 0. The van der Waals surface area contributed by atoms with Crippen molar-refractivity contribution in [3.05, 3.63) is 46.8 Å². The Labute approximate surface area is 252 Å². The van der Waals surface area contributed by atoms with Gasteiger partial charge >= 0.3 is 30.0 Å². The number of carbonyl (C=O) groups is 3. The van der Waals surface area contributed by atoms with Gasteiger partial charge in [-0.05, 0) is 52.5 Å². The second-order valence-electron chi connectivity index (χ2n) is 12.1. The summed E-state index contributed by atoms with van der Waals surface area (Å²) in [5.74, 6) is -4.62. The summed E-state index contributed by atoms with van der Waals surface area (Å²) in [5, 5.41) is 11.3. The number of nitrogens with zero attached hydrogens (tertiary/aromatic N) is 3. The molecule has 0 spiro atoms. The standard InChI is InChI=1S/C28H38F3N3O10/c1-25(2,3)22(36)41-15-19(43-17-33-13-12-32-24(33)34(38)39)20(16-42-23(37)26(4,5)6)44-21(35)14-18-10-8-9-11-27(18,40-7)28(29,30)31/h8-13,18-20H,14-17H2,1-7H3/t18-,19+,20-,27?/m1/s1. The maximum Gasteiger partial charge on any atom is 0.436 e. The third kappa shape index (κ3) is 9.35. The molecule has 2 rings (SSSR count). The average Bonchev–Trinajstić information content (AvgIpc) is 3.38. The van der Waals surface area contributed by atoms with Gasteiger partial charge in [-0.25, -0.2) is 4.57 Å². The highest BCUT2D eigenvalue weighted by Gasteiger charge is 2.59. The van der Waals surface area contributed by atoms with Crippen LogP contribution in [0, 0.1) is 26.9 Å². The van der Waals surface area contributed by atoms with Crippen LogP contribution in [0.25, 0.3) is 0 Å². The van der Waals surface area contributed by atoms with Gasteiger partial charge in [-0.15, -0.1) is 0 Å². The lowest BCUT2D eigenvalue weighted by molar-refractivity contribution is -0.397. The van der Waals surface area contributed by atoms with E-state index in [1.807, 2.05) is 0 Å². The van der Waals surface area contributed by atoms with E-state index in [1.54, 1.807) is 41.5 Å². The molecule has 0 fully saturated rings. The Bertz CT molecular complexity index is 1250. The summed E-state index contributed by atoms with van der Waals surface area (Å²) in [4.78, 5) is 52.4. The smallest absolute Gasteiger partial charge is 0.436 e. The molecule has 0 aromatic carbocycles. The number of imidazole rings is 1. The van der Waals surface area contributed by atoms with E-state index in [2.05, 4.69) is 4.98 Å². The number of allylic oxidation sites excluding steroid dienone is 2. The van der Waals surface area contributed by atoms with E-state index in [0.717, 1.165) is 36.1 Å². The summed E-state index contributed by atoms with van der Waals surface area (Å²) in [6.07, 6.45) is -1.79. The van der Waals surface area contributed by atoms with Crippen LogP contribution in [0.1, 0.15) is 48.0 Å². The molecule has 1 heterocycles. The lowest BCUT2D eigenvalue weighted by atomic mass is 9.80. The minimum atomic E-state index is -4.89. The quantitative estimate of drug-likeness (QED) is 0.132. The van der Waals surface area contributed by atoms with Gasteiger partial charge in [0.05, 0.1) is 17.3 Å². The average molecular weight is 634 g/mol. The van der Waals surface area contributed by atoms with E-state index < -0.39 is 95.9 Å². The minimum Gasteiger partial charge on any atom is -0.462 e. The van der Waals surface area contributed by atoms with Crippen molar-refractivity contribution >= 4 is 23.9 Å². The van der Waals surface area contributed by atoms with E-state index in [9.17, 15) is 37.7 Å². The molecule has 0 N–H and O–H groups in total. The highest BCUT2D eigenvalue weighted by Crippen LogP contribution is 2.44. The third-order valence-electron chi connectivity index (χ3n) is 6.48. The molecular formula is C28H38F3N3O10. The van der Waals surface area contributed by atoms with Crippen molar-refractivity contribution in [1.82, 2.24) is 9.55 Å². The van der Waals surface area contributed by atoms with E-state index >= 15 is 0 Å². The molecule has 246 valence electrons. The number of hydrogen-bond donors (Lipinski definition) is 0. The van der Waals surface area contributed by atoms with Crippen LogP contribution in [0.3, 0.4) is 0 Å². The zero-order valence-corrected chi connectivity index (χ0v) is 25.6. The van der Waals surface area contributed by atoms with Gasteiger partial charge in [0.1, 0.15) is 31.7 Å². The van der Waals surface area contributed by atoms with Crippen LogP contribution in [0.5, 0.6) is 0 Å². The zero-order chi connectivity index (χ0) is 33.5. The number of nitro groups is 1. The number of carbonyl (C=O) groups excluding carboxylic acids is 3. The maximum atomic E-state index is 14.1. The first-order valence-electron chi connectivity index (χ1n) is 13.5. The molecule has 1 aliphatic carbocycles. The van der Waals surface area contributed by atoms with Crippen molar-refractivity contribution in [3.63, 3.8) is 0 Å². The summed E-state index contributed by atoms with van der Waals surface area (Å²) in [6.45, 7) is 7.70.